The van der Waals surface area contributed by atoms with E-state index in [2.05, 4.69) is 10.2 Å². The second-order valence-corrected chi connectivity index (χ2v) is 4.60. The molecule has 6 heteroatoms. The van der Waals surface area contributed by atoms with Crippen LogP contribution in [0.4, 0.5) is 0 Å². The van der Waals surface area contributed by atoms with Gasteiger partial charge in [0.2, 0.25) is 5.91 Å². The van der Waals surface area contributed by atoms with Crippen LogP contribution in [-0.4, -0.2) is 42.5 Å². The molecule has 3 N–H and O–H groups in total. The lowest BCUT2D eigenvalue weighted by Gasteiger charge is -2.32. The van der Waals surface area contributed by atoms with E-state index < -0.39 is 0 Å². The molecule has 0 spiro atoms. The number of nitrogens with two attached hydrogens (primary N) is 1. The first-order chi connectivity index (χ1) is 7.31. The molecule has 2 heterocycles. The maximum atomic E-state index is 11.5. The molecule has 4 nitrogen and oxygen atoms in total. The first kappa shape index (κ1) is 17.0. The lowest BCUT2D eigenvalue weighted by Crippen LogP contribution is -2.47. The predicted octanol–water partition coefficient (Wildman–Crippen LogP) is 0.922. The maximum Gasteiger partial charge on any atom is 0.221 e. The number of carbonyl (C=O) groups is 1. The SMILES string of the molecule is Cl.Cl.NCCC(=O)NC1CCN2CCCCC12. The fourth-order valence-electron chi connectivity index (χ4n) is 2.83. The van der Waals surface area contributed by atoms with Gasteiger partial charge in [-0.2, -0.15) is 0 Å². The Bertz CT molecular complexity index is 241. The number of amides is 1. The molecule has 2 aliphatic heterocycles. The molecule has 2 saturated heterocycles. The highest BCUT2D eigenvalue weighted by atomic mass is 35.5. The van der Waals surface area contributed by atoms with Crippen LogP contribution in [0.1, 0.15) is 32.1 Å². The molecule has 102 valence electrons. The van der Waals surface area contributed by atoms with Gasteiger partial charge in [-0.05, 0) is 25.8 Å². The van der Waals surface area contributed by atoms with Gasteiger partial charge in [-0.15, -0.1) is 24.8 Å². The van der Waals surface area contributed by atoms with Gasteiger partial charge in [0.25, 0.3) is 0 Å². The quantitative estimate of drug-likeness (QED) is 0.810. The van der Waals surface area contributed by atoms with Gasteiger partial charge >= 0.3 is 0 Å². The summed E-state index contributed by atoms with van der Waals surface area (Å²) in [6.45, 7) is 2.82. The minimum Gasteiger partial charge on any atom is -0.352 e. The predicted molar refractivity (Wildman–Crippen MR) is 73.9 cm³/mol. The number of fused-ring (bicyclic) bond motifs is 1. The van der Waals surface area contributed by atoms with Crippen LogP contribution in [-0.2, 0) is 4.79 Å². The van der Waals surface area contributed by atoms with Crippen LogP contribution in [0, 0.1) is 0 Å². The van der Waals surface area contributed by atoms with E-state index in [0.717, 1.165) is 13.0 Å². The molecular formula is C11H23Cl2N3O. The number of nitrogens with one attached hydrogen (secondary N) is 1. The highest BCUT2D eigenvalue weighted by Gasteiger charge is 2.35. The van der Waals surface area contributed by atoms with Crippen molar-refractivity contribution >= 4 is 30.7 Å². The summed E-state index contributed by atoms with van der Waals surface area (Å²) < 4.78 is 0. The molecular weight excluding hydrogens is 261 g/mol. The van der Waals surface area contributed by atoms with Gasteiger partial charge in [-0.25, -0.2) is 0 Å². The van der Waals surface area contributed by atoms with Crippen molar-refractivity contribution in [3.05, 3.63) is 0 Å². The topological polar surface area (TPSA) is 58.4 Å². The number of nitrogens with zero attached hydrogens (tertiary/aromatic N) is 1. The van der Waals surface area contributed by atoms with Crippen LogP contribution in [0.2, 0.25) is 0 Å². The van der Waals surface area contributed by atoms with Crippen molar-refractivity contribution in [1.82, 2.24) is 10.2 Å². The van der Waals surface area contributed by atoms with Crippen molar-refractivity contribution in [3.8, 4) is 0 Å². The maximum absolute atomic E-state index is 11.5. The average Bonchev–Trinajstić information content (AvgIpc) is 2.62. The van der Waals surface area contributed by atoms with Gasteiger partial charge in [-0.3, -0.25) is 9.69 Å². The highest BCUT2D eigenvalue weighted by Crippen LogP contribution is 2.26. The second kappa shape index (κ2) is 8.14. The van der Waals surface area contributed by atoms with Gasteiger partial charge in [0.15, 0.2) is 0 Å². The zero-order valence-corrected chi connectivity index (χ0v) is 11.7. The largest absolute Gasteiger partial charge is 0.352 e. The third kappa shape index (κ3) is 4.28. The lowest BCUT2D eigenvalue weighted by molar-refractivity contribution is -0.121. The number of rotatable bonds is 3. The molecule has 0 aromatic carbocycles. The first-order valence-electron chi connectivity index (χ1n) is 6.05. The second-order valence-electron chi connectivity index (χ2n) is 4.60. The Kier molecular flexibility index (Phi) is 8.12. The summed E-state index contributed by atoms with van der Waals surface area (Å²) in [5.74, 6) is 0.120. The van der Waals surface area contributed by atoms with E-state index >= 15 is 0 Å². The van der Waals surface area contributed by atoms with Gasteiger partial charge in [-0.1, -0.05) is 6.42 Å². The van der Waals surface area contributed by atoms with Crippen molar-refractivity contribution in [3.63, 3.8) is 0 Å². The number of hydrogen-bond donors (Lipinski definition) is 2. The molecule has 0 bridgehead atoms. The van der Waals surface area contributed by atoms with Crippen molar-refractivity contribution < 1.29 is 4.79 Å². The summed E-state index contributed by atoms with van der Waals surface area (Å²) in [5.41, 5.74) is 5.36. The monoisotopic (exact) mass is 283 g/mol. The smallest absolute Gasteiger partial charge is 0.221 e. The Morgan fingerprint density at radius 2 is 2.00 bits per heavy atom. The van der Waals surface area contributed by atoms with Crippen molar-refractivity contribution in [1.29, 1.82) is 0 Å². The molecule has 2 fully saturated rings. The summed E-state index contributed by atoms with van der Waals surface area (Å²) in [4.78, 5) is 14.0. The Labute approximate surface area is 115 Å². The lowest BCUT2D eigenvalue weighted by atomic mass is 9.99. The first-order valence-corrected chi connectivity index (χ1v) is 6.05. The van der Waals surface area contributed by atoms with E-state index in [1.54, 1.807) is 0 Å². The van der Waals surface area contributed by atoms with Crippen LogP contribution in [0.5, 0.6) is 0 Å². The third-order valence-corrected chi connectivity index (χ3v) is 3.57. The average molecular weight is 284 g/mol. The summed E-state index contributed by atoms with van der Waals surface area (Å²) in [5, 5.41) is 3.12. The summed E-state index contributed by atoms with van der Waals surface area (Å²) in [6, 6.07) is 0.977. The fourth-order valence-corrected chi connectivity index (χ4v) is 2.83. The number of halogens is 2. The van der Waals surface area contributed by atoms with E-state index in [0.29, 0.717) is 25.0 Å². The molecule has 2 atom stereocenters. The molecule has 2 unspecified atom stereocenters. The van der Waals surface area contributed by atoms with Crippen molar-refractivity contribution in [2.75, 3.05) is 19.6 Å². The molecule has 0 radical (unpaired) electrons. The van der Waals surface area contributed by atoms with E-state index in [1.165, 1.54) is 25.8 Å². The minimum absolute atomic E-state index is 0. The van der Waals surface area contributed by atoms with Gasteiger partial charge in [0.1, 0.15) is 0 Å². The summed E-state index contributed by atoms with van der Waals surface area (Å²) in [6.07, 6.45) is 5.45. The zero-order chi connectivity index (χ0) is 10.7. The Hall–Kier alpha value is -0.0300. The zero-order valence-electron chi connectivity index (χ0n) is 10.1. The third-order valence-electron chi connectivity index (χ3n) is 3.57. The normalized spacial score (nSPS) is 27.6. The molecule has 17 heavy (non-hydrogen) atoms. The summed E-state index contributed by atoms with van der Waals surface area (Å²) in [7, 11) is 0. The molecule has 0 aliphatic carbocycles. The molecule has 2 rings (SSSR count). The number of piperidine rings is 1. The Balaban J connectivity index is 0.00000128. The minimum atomic E-state index is 0. The van der Waals surface area contributed by atoms with Crippen molar-refractivity contribution in [2.45, 2.75) is 44.2 Å². The van der Waals surface area contributed by atoms with Crippen LogP contribution < -0.4 is 11.1 Å². The fraction of sp³-hybridized carbons (Fsp3) is 0.909. The Morgan fingerprint density at radius 1 is 1.24 bits per heavy atom. The van der Waals surface area contributed by atoms with E-state index in [4.69, 9.17) is 5.73 Å². The van der Waals surface area contributed by atoms with Crippen LogP contribution in [0.3, 0.4) is 0 Å². The van der Waals surface area contributed by atoms with Crippen LogP contribution >= 0.6 is 24.8 Å². The van der Waals surface area contributed by atoms with Gasteiger partial charge in [0.05, 0.1) is 0 Å². The number of carbonyl (C=O) groups excluding carboxylic acids is 1. The molecule has 0 aromatic heterocycles. The highest BCUT2D eigenvalue weighted by molar-refractivity contribution is 5.85. The number of hydrogen-bond acceptors (Lipinski definition) is 3. The van der Waals surface area contributed by atoms with Gasteiger partial charge < -0.3 is 11.1 Å². The van der Waals surface area contributed by atoms with E-state index in [1.807, 2.05) is 0 Å². The summed E-state index contributed by atoms with van der Waals surface area (Å²) >= 11 is 0. The molecule has 0 aromatic rings. The van der Waals surface area contributed by atoms with Crippen molar-refractivity contribution in [2.24, 2.45) is 5.73 Å². The van der Waals surface area contributed by atoms with Crippen LogP contribution in [0.25, 0.3) is 0 Å². The van der Waals surface area contributed by atoms with Crippen LogP contribution in [0.15, 0.2) is 0 Å². The molecule has 0 saturated carbocycles. The Morgan fingerprint density at radius 3 is 2.71 bits per heavy atom. The van der Waals surface area contributed by atoms with Gasteiger partial charge in [0, 0.05) is 31.6 Å². The standard InChI is InChI=1S/C11H21N3O.2ClH/c12-6-4-11(15)13-9-5-8-14-7-2-1-3-10(9)14;;/h9-10H,1-8,12H2,(H,13,15);2*1H. The molecule has 1 amide bonds. The van der Waals surface area contributed by atoms with E-state index in [9.17, 15) is 4.79 Å². The van der Waals surface area contributed by atoms with E-state index in [-0.39, 0.29) is 30.7 Å². The molecule has 2 aliphatic rings.